The molecule has 2 aromatic heterocycles. The summed E-state index contributed by atoms with van der Waals surface area (Å²) in [5, 5.41) is 0. The molecular formula is C25H29N3O3. The van der Waals surface area contributed by atoms with Crippen LogP contribution in [0, 0.1) is 19.3 Å². The van der Waals surface area contributed by atoms with Gasteiger partial charge in [-0.3, -0.25) is 9.59 Å². The van der Waals surface area contributed by atoms with Crippen molar-refractivity contribution in [1.82, 2.24) is 14.3 Å². The number of imidazole rings is 1. The summed E-state index contributed by atoms with van der Waals surface area (Å²) in [6.45, 7) is 7.16. The number of hydrogen-bond acceptors (Lipinski definition) is 4. The molecule has 4 rings (SSSR count). The summed E-state index contributed by atoms with van der Waals surface area (Å²) < 4.78 is 7.37. The number of carbonyl (C=O) groups excluding carboxylic acids is 2. The lowest BCUT2D eigenvalue weighted by Gasteiger charge is -2.41. The van der Waals surface area contributed by atoms with Gasteiger partial charge in [0.1, 0.15) is 11.3 Å². The summed E-state index contributed by atoms with van der Waals surface area (Å²) in [4.78, 5) is 32.8. The monoisotopic (exact) mass is 419 g/mol. The van der Waals surface area contributed by atoms with E-state index in [4.69, 9.17) is 4.74 Å². The van der Waals surface area contributed by atoms with Gasteiger partial charge in [-0.1, -0.05) is 30.3 Å². The first-order chi connectivity index (χ1) is 14.9. The van der Waals surface area contributed by atoms with Crippen molar-refractivity contribution in [2.75, 3.05) is 19.7 Å². The molecule has 0 saturated carbocycles. The zero-order valence-corrected chi connectivity index (χ0v) is 18.4. The Balaban J connectivity index is 1.63. The van der Waals surface area contributed by atoms with E-state index in [0.717, 1.165) is 28.8 Å². The van der Waals surface area contributed by atoms with Crippen LogP contribution in [0.2, 0.25) is 0 Å². The van der Waals surface area contributed by atoms with Gasteiger partial charge in [-0.15, -0.1) is 0 Å². The van der Waals surface area contributed by atoms with Crippen LogP contribution in [0.4, 0.5) is 0 Å². The normalized spacial score (nSPS) is 18.9. The van der Waals surface area contributed by atoms with Crippen LogP contribution in [0.3, 0.4) is 0 Å². The largest absolute Gasteiger partial charge is 0.466 e. The van der Waals surface area contributed by atoms with E-state index >= 15 is 0 Å². The second-order valence-corrected chi connectivity index (χ2v) is 8.53. The van der Waals surface area contributed by atoms with Crippen molar-refractivity contribution >= 4 is 17.5 Å². The van der Waals surface area contributed by atoms with Crippen molar-refractivity contribution in [2.24, 2.45) is 5.41 Å². The molecule has 3 aromatic rings. The summed E-state index contributed by atoms with van der Waals surface area (Å²) in [5.74, 6) is -0.360. The topological polar surface area (TPSA) is 63.9 Å². The fraction of sp³-hybridized carbons (Fsp3) is 0.400. The third kappa shape index (κ3) is 4.20. The van der Waals surface area contributed by atoms with Crippen LogP contribution >= 0.6 is 0 Å². The van der Waals surface area contributed by atoms with Crippen LogP contribution in [0.1, 0.15) is 46.9 Å². The maximum Gasteiger partial charge on any atom is 0.314 e. The van der Waals surface area contributed by atoms with Crippen LogP contribution < -0.4 is 0 Å². The Morgan fingerprint density at radius 2 is 1.94 bits per heavy atom. The van der Waals surface area contributed by atoms with E-state index in [-0.39, 0.29) is 11.9 Å². The van der Waals surface area contributed by atoms with Crippen LogP contribution in [0.5, 0.6) is 0 Å². The molecule has 0 aliphatic carbocycles. The zero-order chi connectivity index (χ0) is 22.0. The van der Waals surface area contributed by atoms with Crippen molar-refractivity contribution in [3.05, 3.63) is 71.2 Å². The lowest BCUT2D eigenvalue weighted by Crippen LogP contribution is -2.51. The first-order valence-electron chi connectivity index (χ1n) is 10.9. The highest BCUT2D eigenvalue weighted by molar-refractivity contribution is 5.93. The molecular weight excluding hydrogens is 390 g/mol. The van der Waals surface area contributed by atoms with Crippen molar-refractivity contribution in [2.45, 2.75) is 40.0 Å². The number of carbonyl (C=O) groups is 2. The number of rotatable bonds is 5. The highest BCUT2D eigenvalue weighted by Crippen LogP contribution is 2.36. The van der Waals surface area contributed by atoms with E-state index < -0.39 is 5.41 Å². The molecule has 1 saturated heterocycles. The number of aromatic nitrogens is 2. The summed E-state index contributed by atoms with van der Waals surface area (Å²) in [5.41, 5.74) is 3.76. The number of benzene rings is 1. The summed E-state index contributed by atoms with van der Waals surface area (Å²) in [7, 11) is 0. The highest BCUT2D eigenvalue weighted by Gasteiger charge is 2.45. The fourth-order valence-corrected chi connectivity index (χ4v) is 4.51. The SMILES string of the molecule is CCOC(=O)[C@@]1(Cc2ccccc2C)CCCN(C(=O)c2cn3cc(C)ccc3n2)C1. The van der Waals surface area contributed by atoms with Crippen molar-refractivity contribution in [3.8, 4) is 0 Å². The Morgan fingerprint density at radius 3 is 2.71 bits per heavy atom. The number of esters is 1. The second-order valence-electron chi connectivity index (χ2n) is 8.53. The lowest BCUT2D eigenvalue weighted by atomic mass is 9.74. The third-order valence-electron chi connectivity index (χ3n) is 6.18. The van der Waals surface area contributed by atoms with E-state index in [1.165, 1.54) is 0 Å². The Hall–Kier alpha value is -3.15. The van der Waals surface area contributed by atoms with Gasteiger partial charge in [-0.05, 0) is 62.8 Å². The molecule has 162 valence electrons. The number of piperidine rings is 1. The van der Waals surface area contributed by atoms with Gasteiger partial charge in [0.2, 0.25) is 0 Å². The third-order valence-corrected chi connectivity index (χ3v) is 6.18. The molecule has 6 nitrogen and oxygen atoms in total. The van der Waals surface area contributed by atoms with E-state index in [0.29, 0.717) is 38.2 Å². The number of likely N-dealkylation sites (tertiary alicyclic amines) is 1. The van der Waals surface area contributed by atoms with Crippen LogP contribution in [0.25, 0.3) is 5.65 Å². The van der Waals surface area contributed by atoms with Gasteiger partial charge in [0, 0.05) is 25.5 Å². The van der Waals surface area contributed by atoms with Crippen molar-refractivity contribution in [1.29, 1.82) is 0 Å². The smallest absolute Gasteiger partial charge is 0.314 e. The first-order valence-corrected chi connectivity index (χ1v) is 10.9. The molecule has 0 bridgehead atoms. The molecule has 1 fully saturated rings. The van der Waals surface area contributed by atoms with E-state index in [1.807, 2.05) is 48.7 Å². The number of hydrogen-bond donors (Lipinski definition) is 0. The molecule has 1 aliphatic rings. The zero-order valence-electron chi connectivity index (χ0n) is 18.4. The predicted molar refractivity (Wildman–Crippen MR) is 119 cm³/mol. The maximum atomic E-state index is 13.3. The molecule has 0 unspecified atom stereocenters. The minimum Gasteiger partial charge on any atom is -0.466 e. The summed E-state index contributed by atoms with van der Waals surface area (Å²) in [6, 6.07) is 12.0. The Kier molecular flexibility index (Phi) is 5.81. The highest BCUT2D eigenvalue weighted by atomic mass is 16.5. The molecule has 1 amide bonds. The molecule has 1 aromatic carbocycles. The van der Waals surface area contributed by atoms with E-state index in [2.05, 4.69) is 24.0 Å². The molecule has 0 spiro atoms. The number of ether oxygens (including phenoxy) is 1. The Bertz CT molecular complexity index is 1120. The minimum absolute atomic E-state index is 0.139. The van der Waals surface area contributed by atoms with E-state index in [9.17, 15) is 9.59 Å². The van der Waals surface area contributed by atoms with Crippen LogP contribution in [-0.2, 0) is 16.0 Å². The Labute approximate surface area is 182 Å². The van der Waals surface area contributed by atoms with Crippen LogP contribution in [-0.4, -0.2) is 45.9 Å². The number of fused-ring (bicyclic) bond motifs is 1. The number of pyridine rings is 1. The predicted octanol–water partition coefficient (Wildman–Crippen LogP) is 3.98. The molecule has 1 atom stereocenters. The average molecular weight is 420 g/mol. The fourth-order valence-electron chi connectivity index (χ4n) is 4.51. The molecule has 0 N–H and O–H groups in total. The lowest BCUT2D eigenvalue weighted by molar-refractivity contribution is -0.158. The van der Waals surface area contributed by atoms with Gasteiger partial charge in [-0.2, -0.15) is 0 Å². The van der Waals surface area contributed by atoms with Gasteiger partial charge in [0.15, 0.2) is 0 Å². The first kappa shape index (κ1) is 21.1. The van der Waals surface area contributed by atoms with Gasteiger partial charge in [-0.25, -0.2) is 4.98 Å². The quantitative estimate of drug-likeness (QED) is 0.587. The van der Waals surface area contributed by atoms with E-state index in [1.54, 1.807) is 11.1 Å². The van der Waals surface area contributed by atoms with Gasteiger partial charge in [0.05, 0.1) is 12.0 Å². The number of nitrogens with zero attached hydrogens (tertiary/aromatic N) is 3. The number of amides is 1. The number of aryl methyl sites for hydroxylation is 2. The molecule has 6 heteroatoms. The summed E-state index contributed by atoms with van der Waals surface area (Å²) >= 11 is 0. The minimum atomic E-state index is -0.744. The standard InChI is InChI=1S/C25H29N3O3/c1-4-31-24(30)25(14-20-9-6-5-8-19(20)3)12-7-13-27(17-25)23(29)21-16-28-15-18(2)10-11-22(28)26-21/h5-6,8-11,15-16H,4,7,12-14,17H2,1-3H3/t25-/m1/s1. The summed E-state index contributed by atoms with van der Waals surface area (Å²) in [6.07, 6.45) is 5.74. The molecule has 3 heterocycles. The average Bonchev–Trinajstić information content (AvgIpc) is 3.18. The second kappa shape index (κ2) is 8.53. The van der Waals surface area contributed by atoms with Crippen LogP contribution in [0.15, 0.2) is 48.8 Å². The van der Waals surface area contributed by atoms with Gasteiger partial charge in [0.25, 0.3) is 5.91 Å². The van der Waals surface area contributed by atoms with Gasteiger partial charge < -0.3 is 14.0 Å². The van der Waals surface area contributed by atoms with Crippen molar-refractivity contribution in [3.63, 3.8) is 0 Å². The molecule has 1 aliphatic heterocycles. The maximum absolute atomic E-state index is 13.3. The molecule has 31 heavy (non-hydrogen) atoms. The molecule has 0 radical (unpaired) electrons. The van der Waals surface area contributed by atoms with Crippen molar-refractivity contribution < 1.29 is 14.3 Å². The Morgan fingerprint density at radius 1 is 1.13 bits per heavy atom. The van der Waals surface area contributed by atoms with Gasteiger partial charge >= 0.3 is 5.97 Å².